The molecule has 0 aliphatic carbocycles. The summed E-state index contributed by atoms with van der Waals surface area (Å²) in [6.45, 7) is 5.33. The molecule has 7 heteroatoms. The first-order valence-corrected chi connectivity index (χ1v) is 8.31. The number of benzene rings is 1. The van der Waals surface area contributed by atoms with E-state index in [0.29, 0.717) is 23.7 Å². The Bertz CT molecular complexity index is 942. The van der Waals surface area contributed by atoms with E-state index in [4.69, 9.17) is 0 Å². The van der Waals surface area contributed by atoms with Crippen molar-refractivity contribution < 1.29 is 4.79 Å². The van der Waals surface area contributed by atoms with Gasteiger partial charge in [0.2, 0.25) is 11.3 Å². The lowest BCUT2D eigenvalue weighted by atomic mass is 10.2. The highest BCUT2D eigenvalue weighted by molar-refractivity contribution is 5.89. The summed E-state index contributed by atoms with van der Waals surface area (Å²) in [5.41, 5.74) is 0.613. The van der Waals surface area contributed by atoms with Crippen molar-refractivity contribution in [2.24, 2.45) is 5.92 Å². The van der Waals surface area contributed by atoms with Crippen LogP contribution in [0.1, 0.15) is 20.3 Å². The van der Waals surface area contributed by atoms with E-state index in [9.17, 15) is 9.59 Å². The number of aromatic nitrogens is 4. The van der Waals surface area contributed by atoms with Gasteiger partial charge in [-0.3, -0.25) is 14.3 Å². The van der Waals surface area contributed by atoms with E-state index in [0.717, 1.165) is 12.1 Å². The molecule has 0 saturated carbocycles. The minimum atomic E-state index is -0.117. The SMILES string of the molecule is CC(C)Cn1nccc1NC(=O)CCn1ncc(=O)c2ccccc21. The standard InChI is InChI=1S/C18H21N5O2/c1-13(2)12-23-17(7-9-19-23)21-18(25)8-10-22-15-6-4-3-5-14(15)16(24)11-20-22/h3-7,9,11,13H,8,10,12H2,1-2H3,(H,21,25). The number of nitrogens with one attached hydrogen (secondary N) is 1. The van der Waals surface area contributed by atoms with Gasteiger partial charge in [-0.1, -0.05) is 26.0 Å². The van der Waals surface area contributed by atoms with Gasteiger partial charge in [0.05, 0.1) is 24.5 Å². The Balaban J connectivity index is 1.68. The van der Waals surface area contributed by atoms with E-state index in [1.807, 2.05) is 18.2 Å². The molecule has 0 saturated heterocycles. The second kappa shape index (κ2) is 7.29. The fraction of sp³-hybridized carbons (Fsp3) is 0.333. The number of aryl methyl sites for hydroxylation is 1. The third-order valence-electron chi connectivity index (χ3n) is 3.83. The van der Waals surface area contributed by atoms with E-state index in [1.54, 1.807) is 27.7 Å². The largest absolute Gasteiger partial charge is 0.311 e. The van der Waals surface area contributed by atoms with Crippen LogP contribution in [0.5, 0.6) is 0 Å². The third kappa shape index (κ3) is 3.93. The van der Waals surface area contributed by atoms with Crippen LogP contribution in [0.25, 0.3) is 10.9 Å². The number of amides is 1. The van der Waals surface area contributed by atoms with Crippen molar-refractivity contribution in [3.63, 3.8) is 0 Å². The molecule has 0 radical (unpaired) electrons. The van der Waals surface area contributed by atoms with Crippen LogP contribution in [0.2, 0.25) is 0 Å². The van der Waals surface area contributed by atoms with Gasteiger partial charge < -0.3 is 5.32 Å². The number of para-hydroxylation sites is 1. The summed E-state index contributed by atoms with van der Waals surface area (Å²) in [7, 11) is 0. The van der Waals surface area contributed by atoms with Crippen molar-refractivity contribution in [1.82, 2.24) is 19.6 Å². The van der Waals surface area contributed by atoms with Crippen molar-refractivity contribution in [3.8, 4) is 0 Å². The van der Waals surface area contributed by atoms with Crippen LogP contribution >= 0.6 is 0 Å². The highest BCUT2D eigenvalue weighted by atomic mass is 16.1. The summed E-state index contributed by atoms with van der Waals surface area (Å²) in [6.07, 6.45) is 3.22. The average molecular weight is 339 g/mol. The fourth-order valence-electron chi connectivity index (χ4n) is 2.68. The zero-order chi connectivity index (χ0) is 17.8. The Morgan fingerprint density at radius 2 is 1.96 bits per heavy atom. The quantitative estimate of drug-likeness (QED) is 0.747. The second-order valence-corrected chi connectivity index (χ2v) is 6.34. The highest BCUT2D eigenvalue weighted by Gasteiger charge is 2.10. The molecule has 2 aromatic heterocycles. The summed E-state index contributed by atoms with van der Waals surface area (Å²) in [5.74, 6) is 1.01. The minimum absolute atomic E-state index is 0.116. The first-order valence-electron chi connectivity index (χ1n) is 8.31. The monoisotopic (exact) mass is 339 g/mol. The Labute approximate surface area is 145 Å². The number of rotatable bonds is 6. The van der Waals surface area contributed by atoms with E-state index >= 15 is 0 Å². The maximum absolute atomic E-state index is 12.3. The lowest BCUT2D eigenvalue weighted by Crippen LogP contribution is -2.20. The molecule has 0 aliphatic heterocycles. The molecule has 3 aromatic rings. The molecule has 0 aliphatic rings. The maximum Gasteiger partial charge on any atom is 0.227 e. The van der Waals surface area contributed by atoms with Crippen LogP contribution in [0.15, 0.2) is 47.5 Å². The van der Waals surface area contributed by atoms with Crippen molar-refractivity contribution in [3.05, 3.63) is 52.9 Å². The van der Waals surface area contributed by atoms with E-state index in [2.05, 4.69) is 29.4 Å². The van der Waals surface area contributed by atoms with Gasteiger partial charge in [-0.2, -0.15) is 10.2 Å². The van der Waals surface area contributed by atoms with Gasteiger partial charge in [-0.05, 0) is 18.1 Å². The zero-order valence-corrected chi connectivity index (χ0v) is 14.3. The van der Waals surface area contributed by atoms with Crippen molar-refractivity contribution in [2.45, 2.75) is 33.4 Å². The van der Waals surface area contributed by atoms with Gasteiger partial charge in [0.25, 0.3) is 0 Å². The molecular formula is C18H21N5O2. The van der Waals surface area contributed by atoms with Crippen LogP contribution < -0.4 is 10.7 Å². The number of fused-ring (bicyclic) bond motifs is 1. The van der Waals surface area contributed by atoms with Gasteiger partial charge in [0.15, 0.2) is 0 Å². The van der Waals surface area contributed by atoms with Gasteiger partial charge in [0.1, 0.15) is 5.82 Å². The van der Waals surface area contributed by atoms with Crippen LogP contribution in [0, 0.1) is 5.92 Å². The lowest BCUT2D eigenvalue weighted by molar-refractivity contribution is -0.116. The maximum atomic E-state index is 12.3. The first-order chi connectivity index (χ1) is 12.0. The molecule has 0 atom stereocenters. The average Bonchev–Trinajstić information content (AvgIpc) is 3.00. The van der Waals surface area contributed by atoms with E-state index < -0.39 is 0 Å². The molecule has 1 N–H and O–H groups in total. The number of hydrogen-bond acceptors (Lipinski definition) is 4. The van der Waals surface area contributed by atoms with Crippen LogP contribution in [-0.4, -0.2) is 25.5 Å². The Morgan fingerprint density at radius 1 is 1.16 bits per heavy atom. The van der Waals surface area contributed by atoms with E-state index in [-0.39, 0.29) is 17.8 Å². The number of anilines is 1. The van der Waals surface area contributed by atoms with Crippen LogP contribution in [0.3, 0.4) is 0 Å². The number of nitrogens with zero attached hydrogens (tertiary/aromatic N) is 4. The predicted molar refractivity (Wildman–Crippen MR) is 96.3 cm³/mol. The summed E-state index contributed by atoms with van der Waals surface area (Å²) >= 11 is 0. The van der Waals surface area contributed by atoms with E-state index in [1.165, 1.54) is 6.20 Å². The molecule has 7 nitrogen and oxygen atoms in total. The van der Waals surface area contributed by atoms with Crippen LogP contribution in [0.4, 0.5) is 5.82 Å². The molecule has 3 rings (SSSR count). The summed E-state index contributed by atoms with van der Waals surface area (Å²) < 4.78 is 3.47. The normalized spacial score (nSPS) is 11.2. The number of carbonyl (C=O) groups is 1. The predicted octanol–water partition coefficient (Wildman–Crippen LogP) is 2.28. The Hall–Kier alpha value is -2.96. The topological polar surface area (TPSA) is 81.8 Å². The highest BCUT2D eigenvalue weighted by Crippen LogP contribution is 2.11. The Morgan fingerprint density at radius 3 is 2.76 bits per heavy atom. The molecule has 2 heterocycles. The van der Waals surface area contributed by atoms with Crippen molar-refractivity contribution >= 4 is 22.6 Å². The summed E-state index contributed by atoms with van der Waals surface area (Å²) in [5, 5.41) is 11.9. The molecule has 0 spiro atoms. The molecular weight excluding hydrogens is 318 g/mol. The molecule has 130 valence electrons. The Kier molecular flexibility index (Phi) is 4.92. The van der Waals surface area contributed by atoms with Gasteiger partial charge in [-0.15, -0.1) is 0 Å². The number of hydrogen-bond donors (Lipinski definition) is 1. The molecule has 0 unspecified atom stereocenters. The summed E-state index contributed by atoms with van der Waals surface area (Å²) in [6, 6.07) is 9.05. The molecule has 25 heavy (non-hydrogen) atoms. The smallest absolute Gasteiger partial charge is 0.227 e. The van der Waals surface area contributed by atoms with Crippen molar-refractivity contribution in [2.75, 3.05) is 5.32 Å². The minimum Gasteiger partial charge on any atom is -0.311 e. The summed E-state index contributed by atoms with van der Waals surface area (Å²) in [4.78, 5) is 24.1. The van der Waals surface area contributed by atoms with Gasteiger partial charge in [-0.25, -0.2) is 4.68 Å². The lowest BCUT2D eigenvalue weighted by Gasteiger charge is -2.12. The third-order valence-corrected chi connectivity index (χ3v) is 3.83. The molecule has 0 bridgehead atoms. The second-order valence-electron chi connectivity index (χ2n) is 6.34. The fourth-order valence-corrected chi connectivity index (χ4v) is 2.68. The molecule has 1 amide bonds. The van der Waals surface area contributed by atoms with Gasteiger partial charge >= 0.3 is 0 Å². The zero-order valence-electron chi connectivity index (χ0n) is 14.3. The molecule has 0 fully saturated rings. The number of carbonyl (C=O) groups excluding carboxylic acids is 1. The van der Waals surface area contributed by atoms with Crippen molar-refractivity contribution in [1.29, 1.82) is 0 Å². The van der Waals surface area contributed by atoms with Gasteiger partial charge in [0, 0.05) is 24.4 Å². The molecule has 1 aromatic carbocycles. The first kappa shape index (κ1) is 16.9. The van der Waals surface area contributed by atoms with Crippen LogP contribution in [-0.2, 0) is 17.9 Å².